The van der Waals surface area contributed by atoms with Crippen molar-refractivity contribution in [3.05, 3.63) is 98.7 Å². The number of aromatic nitrogens is 5. The fraction of sp³-hybridized carbons (Fsp3) is 0.100. The summed E-state index contributed by atoms with van der Waals surface area (Å²) < 4.78 is 1.96. The van der Waals surface area contributed by atoms with Gasteiger partial charge in [-0.1, -0.05) is 30.3 Å². The first kappa shape index (κ1) is 16.7. The molecule has 0 aliphatic heterocycles. The number of hydrogen-bond donors (Lipinski definition) is 2. The van der Waals surface area contributed by atoms with Crippen molar-refractivity contribution in [1.29, 1.82) is 0 Å². The van der Waals surface area contributed by atoms with E-state index in [1.54, 1.807) is 6.07 Å². The third-order valence-corrected chi connectivity index (χ3v) is 4.33. The molecule has 1 aromatic carbocycles. The second-order valence-corrected chi connectivity index (χ2v) is 6.28. The van der Waals surface area contributed by atoms with Crippen molar-refractivity contribution in [3.63, 3.8) is 0 Å². The Morgan fingerprint density at radius 3 is 2.63 bits per heavy atom. The van der Waals surface area contributed by atoms with Gasteiger partial charge in [-0.05, 0) is 36.6 Å². The van der Waals surface area contributed by atoms with E-state index in [1.807, 2.05) is 42.1 Å². The van der Waals surface area contributed by atoms with Crippen LogP contribution >= 0.6 is 0 Å². The molecule has 7 nitrogen and oxygen atoms in total. The Labute approximate surface area is 154 Å². The van der Waals surface area contributed by atoms with Crippen molar-refractivity contribution < 1.29 is 0 Å². The Bertz CT molecular complexity index is 1200. The Morgan fingerprint density at radius 2 is 1.85 bits per heavy atom. The summed E-state index contributed by atoms with van der Waals surface area (Å²) in [4.78, 5) is 27.9. The fourth-order valence-corrected chi connectivity index (χ4v) is 2.96. The summed E-state index contributed by atoms with van der Waals surface area (Å²) in [6.07, 6.45) is 6.18. The van der Waals surface area contributed by atoms with E-state index in [-0.39, 0.29) is 5.56 Å². The molecule has 27 heavy (non-hydrogen) atoms. The normalized spacial score (nSPS) is 10.9. The van der Waals surface area contributed by atoms with Crippen molar-refractivity contribution in [3.8, 4) is 16.9 Å². The minimum Gasteiger partial charge on any atom is -0.322 e. The van der Waals surface area contributed by atoms with E-state index in [2.05, 4.69) is 38.4 Å². The predicted molar refractivity (Wildman–Crippen MR) is 102 cm³/mol. The molecular weight excluding hydrogens is 342 g/mol. The molecule has 0 amide bonds. The summed E-state index contributed by atoms with van der Waals surface area (Å²) in [7, 11) is 0. The van der Waals surface area contributed by atoms with Crippen molar-refractivity contribution in [2.75, 3.05) is 0 Å². The summed E-state index contributed by atoms with van der Waals surface area (Å²) >= 11 is 0. The maximum absolute atomic E-state index is 12.0. The minimum absolute atomic E-state index is 0.264. The van der Waals surface area contributed by atoms with Gasteiger partial charge >= 0.3 is 5.69 Å². The Hall–Kier alpha value is -3.74. The number of aromatic amines is 2. The van der Waals surface area contributed by atoms with Crippen LogP contribution in [0.4, 0.5) is 0 Å². The average molecular weight is 359 g/mol. The number of hydrogen-bond acceptors (Lipinski definition) is 4. The van der Waals surface area contributed by atoms with Crippen molar-refractivity contribution in [2.45, 2.75) is 13.3 Å². The second kappa shape index (κ2) is 6.87. The van der Waals surface area contributed by atoms with Crippen molar-refractivity contribution >= 4 is 0 Å². The average Bonchev–Trinajstić information content (AvgIpc) is 3.11. The lowest BCUT2D eigenvalue weighted by atomic mass is 10.1. The van der Waals surface area contributed by atoms with Gasteiger partial charge in [0.2, 0.25) is 0 Å². The van der Waals surface area contributed by atoms with E-state index in [9.17, 15) is 9.59 Å². The van der Waals surface area contributed by atoms with Crippen molar-refractivity contribution in [2.24, 2.45) is 0 Å². The van der Waals surface area contributed by atoms with Gasteiger partial charge in [-0.25, -0.2) is 4.79 Å². The molecule has 0 saturated carbocycles. The zero-order valence-corrected chi connectivity index (χ0v) is 14.6. The molecule has 4 aromatic rings. The van der Waals surface area contributed by atoms with E-state index >= 15 is 0 Å². The van der Waals surface area contributed by atoms with Crippen molar-refractivity contribution in [1.82, 2.24) is 24.7 Å². The first-order chi connectivity index (χ1) is 13.1. The van der Waals surface area contributed by atoms with Gasteiger partial charge < -0.3 is 9.55 Å². The highest BCUT2D eigenvalue weighted by Gasteiger charge is 2.11. The van der Waals surface area contributed by atoms with Crippen LogP contribution in [0.15, 0.2) is 70.6 Å². The molecule has 0 atom stereocenters. The number of nitrogens with zero attached hydrogens (tertiary/aromatic N) is 3. The van der Waals surface area contributed by atoms with Crippen LogP contribution in [0.3, 0.4) is 0 Å². The van der Waals surface area contributed by atoms with Crippen LogP contribution < -0.4 is 11.2 Å². The number of H-pyrrole nitrogens is 2. The van der Waals surface area contributed by atoms with Gasteiger partial charge in [0.25, 0.3) is 5.56 Å². The largest absolute Gasteiger partial charge is 0.325 e. The Balaban J connectivity index is 1.70. The van der Waals surface area contributed by atoms with E-state index in [0.29, 0.717) is 5.69 Å². The monoisotopic (exact) mass is 359 g/mol. The molecule has 2 N–H and O–H groups in total. The van der Waals surface area contributed by atoms with E-state index < -0.39 is 11.2 Å². The van der Waals surface area contributed by atoms with E-state index in [1.165, 1.54) is 17.3 Å². The number of aryl methyl sites for hydroxylation is 1. The molecule has 0 saturated heterocycles. The van der Waals surface area contributed by atoms with Crippen LogP contribution in [0.1, 0.15) is 16.8 Å². The van der Waals surface area contributed by atoms with Crippen LogP contribution in [0.5, 0.6) is 0 Å². The highest BCUT2D eigenvalue weighted by Crippen LogP contribution is 2.20. The van der Waals surface area contributed by atoms with Gasteiger partial charge in [0.1, 0.15) is 5.69 Å². The van der Waals surface area contributed by atoms with Crippen LogP contribution in [0.25, 0.3) is 16.9 Å². The minimum atomic E-state index is -0.556. The number of rotatable bonds is 4. The van der Waals surface area contributed by atoms with Crippen LogP contribution in [-0.2, 0) is 6.42 Å². The molecule has 3 heterocycles. The maximum atomic E-state index is 12.0. The molecule has 0 unspecified atom stereocenters. The third-order valence-electron chi connectivity index (χ3n) is 4.33. The summed E-state index contributed by atoms with van der Waals surface area (Å²) in [5.41, 5.74) is 3.57. The topological polar surface area (TPSA) is 96.4 Å². The zero-order valence-electron chi connectivity index (χ0n) is 14.6. The van der Waals surface area contributed by atoms with Gasteiger partial charge in [0.05, 0.1) is 16.9 Å². The summed E-state index contributed by atoms with van der Waals surface area (Å²) in [6, 6.07) is 14.1. The molecule has 0 aliphatic rings. The highest BCUT2D eigenvalue weighted by molar-refractivity contribution is 5.59. The molecule has 134 valence electrons. The second-order valence-electron chi connectivity index (χ2n) is 6.28. The summed E-state index contributed by atoms with van der Waals surface area (Å²) in [6.45, 7) is 1.86. The predicted octanol–water partition coefficient (Wildman–Crippen LogP) is 2.21. The van der Waals surface area contributed by atoms with Gasteiger partial charge in [0.15, 0.2) is 0 Å². The lowest BCUT2D eigenvalue weighted by Crippen LogP contribution is -2.23. The molecular formula is C20H17N5O2. The van der Waals surface area contributed by atoms with Gasteiger partial charge in [-0.2, -0.15) is 5.10 Å². The molecule has 0 aliphatic carbocycles. The first-order valence-electron chi connectivity index (χ1n) is 8.48. The lowest BCUT2D eigenvalue weighted by Gasteiger charge is -2.08. The van der Waals surface area contributed by atoms with Crippen LogP contribution in [0, 0.1) is 6.92 Å². The molecule has 7 heteroatoms. The fourth-order valence-electron chi connectivity index (χ4n) is 2.96. The SMILES string of the molecule is Cc1nnc(-c2c[nH]c(=O)[nH]c2=O)cc1-n1ccc(Cc2ccccc2)c1. The molecule has 0 bridgehead atoms. The summed E-state index contributed by atoms with van der Waals surface area (Å²) in [5.74, 6) is 0. The lowest BCUT2D eigenvalue weighted by molar-refractivity contribution is 0.928. The summed E-state index contributed by atoms with van der Waals surface area (Å²) in [5, 5.41) is 8.27. The van der Waals surface area contributed by atoms with Gasteiger partial charge in [-0.3, -0.25) is 9.78 Å². The van der Waals surface area contributed by atoms with Gasteiger partial charge in [-0.15, -0.1) is 5.10 Å². The Kier molecular flexibility index (Phi) is 4.25. The first-order valence-corrected chi connectivity index (χ1v) is 8.48. The zero-order chi connectivity index (χ0) is 18.8. The van der Waals surface area contributed by atoms with E-state index in [4.69, 9.17) is 0 Å². The molecule has 0 radical (unpaired) electrons. The highest BCUT2D eigenvalue weighted by atomic mass is 16.2. The standard InChI is InChI=1S/C20H17N5O2/c1-13-18(10-17(24-23-13)16-11-21-20(27)22-19(16)26)25-8-7-15(12-25)9-14-5-3-2-4-6-14/h2-8,10-12H,9H2,1H3,(H2,21,22,26,27). The Morgan fingerprint density at radius 1 is 1.04 bits per heavy atom. The van der Waals surface area contributed by atoms with Crippen LogP contribution in [-0.4, -0.2) is 24.7 Å². The maximum Gasteiger partial charge on any atom is 0.325 e. The van der Waals surface area contributed by atoms with Crippen LogP contribution in [0.2, 0.25) is 0 Å². The van der Waals surface area contributed by atoms with E-state index in [0.717, 1.165) is 17.8 Å². The molecule has 4 rings (SSSR count). The molecule has 3 aromatic heterocycles. The quantitative estimate of drug-likeness (QED) is 0.584. The number of nitrogens with one attached hydrogen (secondary N) is 2. The van der Waals surface area contributed by atoms with Gasteiger partial charge in [0, 0.05) is 18.6 Å². The smallest absolute Gasteiger partial charge is 0.322 e. The molecule has 0 spiro atoms. The molecule has 0 fully saturated rings. The number of benzene rings is 1. The third kappa shape index (κ3) is 3.48.